The van der Waals surface area contributed by atoms with Gasteiger partial charge in [-0.15, -0.1) is 0 Å². The minimum atomic E-state index is -2.29. The third-order valence-corrected chi connectivity index (χ3v) is 3.87. The number of benzene rings is 2. The number of carbonyl (C=O) groups is 2. The number of methoxy groups -OCH3 is 1. The second kappa shape index (κ2) is 5.37. The molecule has 5 nitrogen and oxygen atoms in total. The first kappa shape index (κ1) is 15.0. The molecule has 0 unspecified atom stereocenters. The van der Waals surface area contributed by atoms with Crippen LogP contribution in [-0.4, -0.2) is 28.9 Å². The van der Waals surface area contributed by atoms with Gasteiger partial charge in [-0.25, -0.2) is 0 Å². The fourth-order valence-corrected chi connectivity index (χ4v) is 2.69. The molecule has 23 heavy (non-hydrogen) atoms. The summed E-state index contributed by atoms with van der Waals surface area (Å²) in [6.45, 7) is 0. The van der Waals surface area contributed by atoms with Gasteiger partial charge in [-0.3, -0.25) is 9.59 Å². The van der Waals surface area contributed by atoms with Crippen molar-refractivity contribution < 1.29 is 24.5 Å². The number of Topliss-reactive ketones (excluding diaryl/α,β-unsaturated/α-hetero) is 2. The molecule has 116 valence electrons. The number of ketones is 2. The van der Waals surface area contributed by atoms with E-state index in [9.17, 15) is 19.8 Å². The maximum Gasteiger partial charge on any atom is 0.242 e. The van der Waals surface area contributed by atoms with Crippen LogP contribution in [0.3, 0.4) is 0 Å². The molecule has 1 aliphatic carbocycles. The van der Waals surface area contributed by atoms with E-state index in [1.165, 1.54) is 43.5 Å². The number of rotatable bonds is 3. The van der Waals surface area contributed by atoms with Gasteiger partial charge < -0.3 is 14.9 Å². The van der Waals surface area contributed by atoms with Crippen molar-refractivity contribution in [3.8, 4) is 5.75 Å². The molecule has 1 aliphatic rings. The Hall–Kier alpha value is -2.92. The molecule has 0 aliphatic heterocycles. The Labute approximate surface area is 132 Å². The largest absolute Gasteiger partial charge is 0.508 e. The first-order valence-corrected chi connectivity index (χ1v) is 6.95. The van der Waals surface area contributed by atoms with Gasteiger partial charge in [0.2, 0.25) is 17.2 Å². The zero-order valence-corrected chi connectivity index (χ0v) is 12.3. The number of hydrogen-bond donors (Lipinski definition) is 2. The first-order valence-electron chi connectivity index (χ1n) is 6.95. The zero-order chi connectivity index (χ0) is 16.6. The average Bonchev–Trinajstić information content (AvgIpc) is 2.78. The third kappa shape index (κ3) is 2.13. The highest BCUT2D eigenvalue weighted by Crippen LogP contribution is 2.41. The third-order valence-electron chi connectivity index (χ3n) is 3.87. The van der Waals surface area contributed by atoms with Gasteiger partial charge in [0.15, 0.2) is 5.76 Å². The van der Waals surface area contributed by atoms with Crippen LogP contribution in [-0.2, 0) is 19.9 Å². The molecule has 0 aromatic heterocycles. The highest BCUT2D eigenvalue weighted by atomic mass is 16.5. The highest BCUT2D eigenvalue weighted by molar-refractivity contribution is 6.43. The fourth-order valence-electron chi connectivity index (χ4n) is 2.69. The summed E-state index contributed by atoms with van der Waals surface area (Å²) in [7, 11) is 1.28. The summed E-state index contributed by atoms with van der Waals surface area (Å²) < 4.78 is 5.09. The summed E-state index contributed by atoms with van der Waals surface area (Å²) in [4.78, 5) is 25.4. The molecular weight excluding hydrogens is 296 g/mol. The van der Waals surface area contributed by atoms with E-state index in [0.717, 1.165) is 0 Å². The van der Waals surface area contributed by atoms with Gasteiger partial charge in [0.05, 0.1) is 12.7 Å². The molecule has 0 fully saturated rings. The van der Waals surface area contributed by atoms with E-state index in [0.29, 0.717) is 5.56 Å². The molecule has 3 rings (SSSR count). The normalized spacial score (nSPS) is 21.0. The van der Waals surface area contributed by atoms with Gasteiger partial charge in [-0.1, -0.05) is 42.5 Å². The lowest BCUT2D eigenvalue weighted by Crippen LogP contribution is -2.39. The highest BCUT2D eigenvalue weighted by Gasteiger charge is 2.55. The molecule has 0 spiro atoms. The van der Waals surface area contributed by atoms with E-state index >= 15 is 0 Å². The minimum absolute atomic E-state index is 0.00357. The lowest BCUT2D eigenvalue weighted by Gasteiger charge is -2.20. The molecule has 2 aromatic carbocycles. The van der Waals surface area contributed by atoms with Gasteiger partial charge in [-0.2, -0.15) is 0 Å². The molecule has 2 N–H and O–H groups in total. The molecule has 0 saturated carbocycles. The number of ether oxygens (including phenoxy) is 1. The summed E-state index contributed by atoms with van der Waals surface area (Å²) in [5.74, 6) is -1.69. The van der Waals surface area contributed by atoms with Crippen LogP contribution < -0.4 is 0 Å². The van der Waals surface area contributed by atoms with Crippen molar-refractivity contribution in [2.75, 3.05) is 7.11 Å². The van der Waals surface area contributed by atoms with Crippen molar-refractivity contribution in [2.45, 2.75) is 5.60 Å². The second-order valence-electron chi connectivity index (χ2n) is 5.19. The number of phenolic OH excluding ortho intramolecular Hbond substituents is 1. The van der Waals surface area contributed by atoms with Crippen LogP contribution in [0.15, 0.2) is 60.4 Å². The predicted octanol–water partition coefficient (Wildman–Crippen LogP) is 1.79. The van der Waals surface area contributed by atoms with E-state index in [2.05, 4.69) is 0 Å². The molecule has 2 aromatic rings. The van der Waals surface area contributed by atoms with E-state index in [-0.39, 0.29) is 22.6 Å². The Balaban J connectivity index is 2.17. The van der Waals surface area contributed by atoms with E-state index < -0.39 is 17.2 Å². The van der Waals surface area contributed by atoms with Crippen LogP contribution >= 0.6 is 0 Å². The van der Waals surface area contributed by atoms with Crippen LogP contribution in [0, 0.1) is 0 Å². The van der Waals surface area contributed by atoms with Crippen molar-refractivity contribution in [3.63, 3.8) is 0 Å². The van der Waals surface area contributed by atoms with Gasteiger partial charge >= 0.3 is 0 Å². The van der Waals surface area contributed by atoms with Crippen LogP contribution in [0.1, 0.15) is 11.1 Å². The monoisotopic (exact) mass is 310 g/mol. The van der Waals surface area contributed by atoms with Gasteiger partial charge in [0, 0.05) is 0 Å². The smallest absolute Gasteiger partial charge is 0.242 e. The van der Waals surface area contributed by atoms with Gasteiger partial charge in [0.25, 0.3) is 0 Å². The zero-order valence-electron chi connectivity index (χ0n) is 12.3. The molecular formula is C18H14O5. The van der Waals surface area contributed by atoms with Crippen molar-refractivity contribution in [1.82, 2.24) is 0 Å². The molecule has 1 atom stereocenters. The lowest BCUT2D eigenvalue weighted by atomic mass is 9.87. The number of carbonyl (C=O) groups excluding carboxylic acids is 2. The molecule has 0 bridgehead atoms. The topological polar surface area (TPSA) is 83.8 Å². The maximum absolute atomic E-state index is 12.8. The molecule has 0 radical (unpaired) electrons. The summed E-state index contributed by atoms with van der Waals surface area (Å²) in [6, 6.07) is 13.8. The first-order chi connectivity index (χ1) is 11.0. The Bertz CT molecular complexity index is 805. The standard InChI is InChI=1S/C18H14O5/c1-23-15-14(11-7-9-13(19)10-8-11)16(20)18(22,17(15)21)12-5-3-2-4-6-12/h2-10,19,22H,1H3/t18-/m0/s1. The number of hydrogen-bond acceptors (Lipinski definition) is 5. The van der Waals surface area contributed by atoms with Crippen LogP contribution in [0.2, 0.25) is 0 Å². The summed E-state index contributed by atoms with van der Waals surface area (Å²) in [5, 5.41) is 20.2. The second-order valence-corrected chi connectivity index (χ2v) is 5.19. The van der Waals surface area contributed by atoms with Crippen molar-refractivity contribution >= 4 is 17.1 Å². The number of aromatic hydroxyl groups is 1. The average molecular weight is 310 g/mol. The quantitative estimate of drug-likeness (QED) is 0.844. The Morgan fingerprint density at radius 1 is 0.913 bits per heavy atom. The van der Waals surface area contributed by atoms with E-state index in [1.807, 2.05) is 0 Å². The number of phenols is 1. The lowest BCUT2D eigenvalue weighted by molar-refractivity contribution is -0.145. The molecule has 0 amide bonds. The van der Waals surface area contributed by atoms with Crippen molar-refractivity contribution in [1.29, 1.82) is 0 Å². The van der Waals surface area contributed by atoms with Crippen molar-refractivity contribution in [2.24, 2.45) is 0 Å². The summed E-state index contributed by atoms with van der Waals surface area (Å²) >= 11 is 0. The maximum atomic E-state index is 12.8. The van der Waals surface area contributed by atoms with Crippen molar-refractivity contribution in [3.05, 3.63) is 71.5 Å². The fraction of sp³-hybridized carbons (Fsp3) is 0.111. The molecule has 0 saturated heterocycles. The minimum Gasteiger partial charge on any atom is -0.508 e. The summed E-state index contributed by atoms with van der Waals surface area (Å²) in [5.41, 5.74) is -1.70. The summed E-state index contributed by atoms with van der Waals surface area (Å²) in [6.07, 6.45) is 0. The van der Waals surface area contributed by atoms with E-state index in [4.69, 9.17) is 4.74 Å². The van der Waals surface area contributed by atoms with Gasteiger partial charge in [-0.05, 0) is 23.3 Å². The molecule has 5 heteroatoms. The van der Waals surface area contributed by atoms with Crippen LogP contribution in [0.25, 0.3) is 5.57 Å². The van der Waals surface area contributed by atoms with Crippen LogP contribution in [0.4, 0.5) is 0 Å². The Morgan fingerprint density at radius 3 is 2.09 bits per heavy atom. The molecule has 0 heterocycles. The Morgan fingerprint density at radius 2 is 1.52 bits per heavy atom. The van der Waals surface area contributed by atoms with E-state index in [1.54, 1.807) is 18.2 Å². The van der Waals surface area contributed by atoms with Gasteiger partial charge in [0.1, 0.15) is 5.75 Å². The number of aliphatic hydroxyl groups is 1. The van der Waals surface area contributed by atoms with Crippen LogP contribution in [0.5, 0.6) is 5.75 Å². The SMILES string of the molecule is COC1=C(c2ccc(O)cc2)C(=O)[C@@](O)(c2ccccc2)C1=O. The Kier molecular flexibility index (Phi) is 3.50. The predicted molar refractivity (Wildman–Crippen MR) is 82.4 cm³/mol.